The number of nitrogens with one attached hydrogen (secondary N) is 2. The Balaban J connectivity index is 1.88. The third kappa shape index (κ3) is 4.84. The van der Waals surface area contributed by atoms with Gasteiger partial charge in [-0.3, -0.25) is 9.52 Å². The van der Waals surface area contributed by atoms with Gasteiger partial charge >= 0.3 is 0 Å². The summed E-state index contributed by atoms with van der Waals surface area (Å²) in [4.78, 5) is 12.8. The molecule has 0 aliphatic rings. The fourth-order valence-electron chi connectivity index (χ4n) is 3.01. The molecule has 150 valence electrons. The van der Waals surface area contributed by atoms with Gasteiger partial charge in [-0.1, -0.05) is 41.5 Å². The summed E-state index contributed by atoms with van der Waals surface area (Å²) in [7, 11) is -3.83. The molecule has 0 heterocycles. The predicted molar refractivity (Wildman–Crippen MR) is 117 cm³/mol. The minimum absolute atomic E-state index is 0.0753. The molecule has 0 saturated carbocycles. The smallest absolute Gasteiger partial charge is 0.262 e. The number of aryl methyl sites for hydroxylation is 4. The molecule has 29 heavy (non-hydrogen) atoms. The largest absolute Gasteiger partial charge is 0.322 e. The van der Waals surface area contributed by atoms with Crippen molar-refractivity contribution in [1.82, 2.24) is 0 Å². The first kappa shape index (κ1) is 20.6. The molecule has 1 amide bonds. The van der Waals surface area contributed by atoms with E-state index in [1.807, 2.05) is 51.1 Å². The first-order chi connectivity index (χ1) is 13.7. The average Bonchev–Trinajstić information content (AvgIpc) is 2.66. The Morgan fingerprint density at radius 3 is 2.07 bits per heavy atom. The third-order valence-electron chi connectivity index (χ3n) is 4.67. The summed E-state index contributed by atoms with van der Waals surface area (Å²) >= 11 is 0. The molecule has 0 aliphatic heterocycles. The maximum atomic E-state index is 12.9. The average molecular weight is 409 g/mol. The molecule has 0 aromatic heterocycles. The Morgan fingerprint density at radius 1 is 0.759 bits per heavy atom. The van der Waals surface area contributed by atoms with E-state index >= 15 is 0 Å². The van der Waals surface area contributed by atoms with Gasteiger partial charge < -0.3 is 5.32 Å². The highest BCUT2D eigenvalue weighted by atomic mass is 32.2. The molecule has 0 unspecified atom stereocenters. The number of hydrogen-bond acceptors (Lipinski definition) is 3. The maximum Gasteiger partial charge on any atom is 0.262 e. The fraction of sp³-hybridized carbons (Fsp3) is 0.174. The van der Waals surface area contributed by atoms with Crippen LogP contribution < -0.4 is 10.0 Å². The highest BCUT2D eigenvalue weighted by Gasteiger charge is 2.19. The molecule has 3 aromatic rings. The van der Waals surface area contributed by atoms with E-state index in [2.05, 4.69) is 10.0 Å². The Kier molecular flexibility index (Phi) is 5.75. The van der Waals surface area contributed by atoms with Crippen molar-refractivity contribution in [2.24, 2.45) is 0 Å². The predicted octanol–water partition coefficient (Wildman–Crippen LogP) is 4.97. The van der Waals surface area contributed by atoms with Gasteiger partial charge in [-0.25, -0.2) is 8.42 Å². The second kappa shape index (κ2) is 8.09. The topological polar surface area (TPSA) is 75.3 Å². The lowest BCUT2D eigenvalue weighted by atomic mass is 10.1. The minimum atomic E-state index is -3.83. The van der Waals surface area contributed by atoms with Crippen LogP contribution in [-0.4, -0.2) is 14.3 Å². The molecule has 0 bridgehead atoms. The van der Waals surface area contributed by atoms with Crippen molar-refractivity contribution < 1.29 is 13.2 Å². The maximum absolute atomic E-state index is 12.9. The SMILES string of the molecule is Cc1ccc(NS(=O)(=O)c2cc(C(=O)Nc3ccc(C)cc3C)ccc2C)cc1. The van der Waals surface area contributed by atoms with Crippen molar-refractivity contribution in [2.45, 2.75) is 32.6 Å². The van der Waals surface area contributed by atoms with Gasteiger partial charge in [-0.2, -0.15) is 0 Å². The van der Waals surface area contributed by atoms with Crippen molar-refractivity contribution in [1.29, 1.82) is 0 Å². The van der Waals surface area contributed by atoms with Gasteiger partial charge in [-0.15, -0.1) is 0 Å². The summed E-state index contributed by atoms with van der Waals surface area (Å²) < 4.78 is 28.4. The zero-order valence-electron chi connectivity index (χ0n) is 16.9. The second-order valence-corrected chi connectivity index (χ2v) is 8.88. The number of amides is 1. The molecule has 0 fully saturated rings. The van der Waals surface area contributed by atoms with Crippen LogP contribution in [0.3, 0.4) is 0 Å². The molecule has 3 rings (SSSR count). The van der Waals surface area contributed by atoms with Crippen LogP contribution in [0.5, 0.6) is 0 Å². The summed E-state index contributed by atoms with van der Waals surface area (Å²) in [6.07, 6.45) is 0. The van der Waals surface area contributed by atoms with Crippen LogP contribution in [0, 0.1) is 27.7 Å². The van der Waals surface area contributed by atoms with Gasteiger partial charge in [0.1, 0.15) is 0 Å². The summed E-state index contributed by atoms with van der Waals surface area (Å²) in [6, 6.07) is 17.5. The lowest BCUT2D eigenvalue weighted by Crippen LogP contribution is -2.17. The van der Waals surface area contributed by atoms with Crippen LogP contribution in [0.4, 0.5) is 11.4 Å². The van der Waals surface area contributed by atoms with Gasteiger partial charge in [0.05, 0.1) is 4.90 Å². The number of hydrogen-bond donors (Lipinski definition) is 2. The third-order valence-corrected chi connectivity index (χ3v) is 6.20. The van der Waals surface area contributed by atoms with E-state index in [1.54, 1.807) is 31.2 Å². The zero-order valence-corrected chi connectivity index (χ0v) is 17.7. The number of rotatable bonds is 5. The standard InChI is InChI=1S/C23H24N2O3S/c1-15-5-10-20(11-6-15)25-29(27,28)22-14-19(9-8-17(22)3)23(26)24-21-12-7-16(2)13-18(21)4/h5-14,25H,1-4H3,(H,24,26). The number of carbonyl (C=O) groups excluding carboxylic acids is 1. The van der Waals surface area contributed by atoms with Gasteiger partial charge in [0.2, 0.25) is 0 Å². The van der Waals surface area contributed by atoms with Crippen molar-refractivity contribution in [3.63, 3.8) is 0 Å². The molecule has 0 radical (unpaired) electrons. The summed E-state index contributed by atoms with van der Waals surface area (Å²) in [5.74, 6) is -0.358. The van der Waals surface area contributed by atoms with Gasteiger partial charge in [0, 0.05) is 16.9 Å². The Bertz CT molecular complexity index is 1170. The molecule has 0 spiro atoms. The lowest BCUT2D eigenvalue weighted by molar-refractivity contribution is 0.102. The monoisotopic (exact) mass is 408 g/mol. The van der Waals surface area contributed by atoms with E-state index in [9.17, 15) is 13.2 Å². The van der Waals surface area contributed by atoms with E-state index in [4.69, 9.17) is 0 Å². The first-order valence-electron chi connectivity index (χ1n) is 9.24. The first-order valence-corrected chi connectivity index (χ1v) is 10.7. The van der Waals surface area contributed by atoms with Crippen LogP contribution in [0.1, 0.15) is 32.6 Å². The fourth-order valence-corrected chi connectivity index (χ4v) is 4.34. The van der Waals surface area contributed by atoms with Crippen molar-refractivity contribution in [2.75, 3.05) is 10.0 Å². The summed E-state index contributed by atoms with van der Waals surface area (Å²) in [6.45, 7) is 7.53. The molecular formula is C23H24N2O3S. The Labute approximate surface area is 171 Å². The van der Waals surface area contributed by atoms with Crippen molar-refractivity contribution in [3.05, 3.63) is 88.5 Å². The van der Waals surface area contributed by atoms with E-state index in [1.165, 1.54) is 6.07 Å². The van der Waals surface area contributed by atoms with Gasteiger partial charge in [-0.05, 0) is 69.2 Å². The molecule has 0 aliphatic carbocycles. The highest BCUT2D eigenvalue weighted by Crippen LogP contribution is 2.23. The van der Waals surface area contributed by atoms with Crippen LogP contribution >= 0.6 is 0 Å². The lowest BCUT2D eigenvalue weighted by Gasteiger charge is -2.13. The summed E-state index contributed by atoms with van der Waals surface area (Å²) in [5, 5.41) is 2.85. The number of anilines is 2. The quantitative estimate of drug-likeness (QED) is 0.626. The molecular weight excluding hydrogens is 384 g/mol. The second-order valence-electron chi connectivity index (χ2n) is 7.22. The minimum Gasteiger partial charge on any atom is -0.322 e. The number of benzene rings is 3. The van der Waals surface area contributed by atoms with Gasteiger partial charge in [0.25, 0.3) is 15.9 Å². The van der Waals surface area contributed by atoms with Crippen LogP contribution in [0.2, 0.25) is 0 Å². The molecule has 3 aromatic carbocycles. The van der Waals surface area contributed by atoms with Crippen LogP contribution in [0.25, 0.3) is 0 Å². The normalized spacial score (nSPS) is 11.2. The van der Waals surface area contributed by atoms with E-state index in [-0.39, 0.29) is 16.4 Å². The molecule has 2 N–H and O–H groups in total. The number of carbonyl (C=O) groups is 1. The van der Waals surface area contributed by atoms with Gasteiger partial charge in [0.15, 0.2) is 0 Å². The Hall–Kier alpha value is -3.12. The molecule has 0 saturated heterocycles. The van der Waals surface area contributed by atoms with Crippen LogP contribution in [0.15, 0.2) is 65.6 Å². The molecule has 6 heteroatoms. The van der Waals surface area contributed by atoms with Crippen molar-refractivity contribution >= 4 is 27.3 Å². The van der Waals surface area contributed by atoms with E-state index in [0.29, 0.717) is 16.9 Å². The Morgan fingerprint density at radius 2 is 1.41 bits per heavy atom. The molecule has 0 atom stereocenters. The van der Waals surface area contributed by atoms with E-state index < -0.39 is 10.0 Å². The van der Waals surface area contributed by atoms with Crippen LogP contribution in [-0.2, 0) is 10.0 Å². The highest BCUT2D eigenvalue weighted by molar-refractivity contribution is 7.92. The zero-order chi connectivity index (χ0) is 21.2. The summed E-state index contributed by atoms with van der Waals surface area (Å²) in [5.41, 5.74) is 5.09. The van der Waals surface area contributed by atoms with E-state index in [0.717, 1.165) is 16.7 Å². The number of sulfonamides is 1. The van der Waals surface area contributed by atoms with Crippen molar-refractivity contribution in [3.8, 4) is 0 Å². The molecule has 5 nitrogen and oxygen atoms in total.